The SMILES string of the molecule is O=C(COC(=O)c1nn(-c2ccccc2)c(=O)c2ccccc12)Nc1ccccc1C(=O)NC1CC1. The van der Waals surface area contributed by atoms with Crippen LogP contribution in [-0.4, -0.2) is 40.2 Å². The minimum Gasteiger partial charge on any atom is -0.451 e. The lowest BCUT2D eigenvalue weighted by atomic mass is 10.1. The van der Waals surface area contributed by atoms with Gasteiger partial charge in [0.05, 0.1) is 22.3 Å². The minimum atomic E-state index is -0.856. The molecule has 9 heteroatoms. The van der Waals surface area contributed by atoms with Crippen molar-refractivity contribution in [2.45, 2.75) is 18.9 Å². The first kappa shape index (κ1) is 23.0. The van der Waals surface area contributed by atoms with Gasteiger partial charge in [-0.25, -0.2) is 4.79 Å². The van der Waals surface area contributed by atoms with Crippen LogP contribution in [0.25, 0.3) is 16.5 Å². The molecule has 0 saturated heterocycles. The maximum Gasteiger partial charge on any atom is 0.359 e. The first-order valence-electron chi connectivity index (χ1n) is 11.5. The van der Waals surface area contributed by atoms with Crippen LogP contribution in [0.2, 0.25) is 0 Å². The molecule has 0 spiro atoms. The van der Waals surface area contributed by atoms with Crippen molar-refractivity contribution in [3.8, 4) is 5.69 Å². The third-order valence-corrected chi connectivity index (χ3v) is 5.69. The van der Waals surface area contributed by atoms with Crippen molar-refractivity contribution >= 4 is 34.2 Å². The van der Waals surface area contributed by atoms with E-state index in [1.807, 2.05) is 0 Å². The second kappa shape index (κ2) is 9.83. The number of para-hydroxylation sites is 2. The second-order valence-electron chi connectivity index (χ2n) is 8.36. The van der Waals surface area contributed by atoms with Crippen LogP contribution in [0.3, 0.4) is 0 Å². The van der Waals surface area contributed by atoms with E-state index in [1.54, 1.807) is 78.9 Å². The third kappa shape index (κ3) is 4.85. The second-order valence-corrected chi connectivity index (χ2v) is 8.36. The predicted molar refractivity (Wildman–Crippen MR) is 133 cm³/mol. The number of carbonyl (C=O) groups is 3. The zero-order valence-electron chi connectivity index (χ0n) is 19.1. The monoisotopic (exact) mass is 482 g/mol. The number of esters is 1. The highest BCUT2D eigenvalue weighted by Gasteiger charge is 2.25. The fourth-order valence-corrected chi connectivity index (χ4v) is 3.75. The third-order valence-electron chi connectivity index (χ3n) is 5.69. The van der Waals surface area contributed by atoms with E-state index < -0.39 is 18.5 Å². The number of aromatic nitrogens is 2. The molecule has 1 saturated carbocycles. The van der Waals surface area contributed by atoms with Crippen molar-refractivity contribution in [1.82, 2.24) is 15.1 Å². The van der Waals surface area contributed by atoms with E-state index in [2.05, 4.69) is 15.7 Å². The molecule has 1 aliphatic carbocycles. The van der Waals surface area contributed by atoms with Crippen LogP contribution < -0.4 is 16.2 Å². The Hall–Kier alpha value is -4.79. The molecule has 1 heterocycles. The van der Waals surface area contributed by atoms with Crippen LogP contribution in [-0.2, 0) is 9.53 Å². The number of rotatable bonds is 7. The largest absolute Gasteiger partial charge is 0.451 e. The van der Waals surface area contributed by atoms with Gasteiger partial charge in [-0.1, -0.05) is 48.5 Å². The van der Waals surface area contributed by atoms with Gasteiger partial charge in [0, 0.05) is 11.4 Å². The number of amides is 2. The topological polar surface area (TPSA) is 119 Å². The fraction of sp³-hybridized carbons (Fsp3) is 0.148. The molecule has 1 aliphatic rings. The van der Waals surface area contributed by atoms with Crippen LogP contribution in [0.4, 0.5) is 5.69 Å². The van der Waals surface area contributed by atoms with Gasteiger partial charge in [-0.05, 0) is 43.2 Å². The van der Waals surface area contributed by atoms with Gasteiger partial charge in [-0.2, -0.15) is 9.78 Å². The summed E-state index contributed by atoms with van der Waals surface area (Å²) >= 11 is 0. The number of fused-ring (bicyclic) bond motifs is 1. The molecule has 9 nitrogen and oxygen atoms in total. The molecule has 2 amide bonds. The Morgan fingerprint density at radius 1 is 0.889 bits per heavy atom. The van der Waals surface area contributed by atoms with E-state index in [0.717, 1.165) is 17.5 Å². The molecule has 4 aromatic rings. The van der Waals surface area contributed by atoms with Crippen LogP contribution in [0.15, 0.2) is 83.7 Å². The normalized spacial score (nSPS) is 12.7. The Morgan fingerprint density at radius 2 is 1.56 bits per heavy atom. The van der Waals surface area contributed by atoms with Gasteiger partial charge in [0.15, 0.2) is 12.3 Å². The Morgan fingerprint density at radius 3 is 2.31 bits per heavy atom. The van der Waals surface area contributed by atoms with Crippen LogP contribution in [0.5, 0.6) is 0 Å². The lowest BCUT2D eigenvalue weighted by Crippen LogP contribution is -2.28. The molecule has 2 N–H and O–H groups in total. The van der Waals surface area contributed by atoms with Crippen molar-refractivity contribution < 1.29 is 19.1 Å². The molecule has 0 bridgehead atoms. The summed E-state index contributed by atoms with van der Waals surface area (Å²) < 4.78 is 6.38. The Balaban J connectivity index is 1.35. The number of hydrogen-bond donors (Lipinski definition) is 2. The van der Waals surface area contributed by atoms with E-state index in [0.29, 0.717) is 27.7 Å². The highest BCUT2D eigenvalue weighted by Crippen LogP contribution is 2.22. The molecular weight excluding hydrogens is 460 g/mol. The molecule has 1 fully saturated rings. The minimum absolute atomic E-state index is 0.0916. The summed E-state index contributed by atoms with van der Waals surface area (Å²) in [5.74, 6) is -1.74. The van der Waals surface area contributed by atoms with Crippen LogP contribution in [0.1, 0.15) is 33.7 Å². The summed E-state index contributed by atoms with van der Waals surface area (Å²) in [6.45, 7) is -0.599. The molecule has 1 aromatic heterocycles. The van der Waals surface area contributed by atoms with E-state index in [4.69, 9.17) is 4.74 Å². The lowest BCUT2D eigenvalue weighted by molar-refractivity contribution is -0.119. The number of anilines is 1. The number of nitrogens with zero attached hydrogens (tertiary/aromatic N) is 2. The summed E-state index contributed by atoms with van der Waals surface area (Å²) in [6, 6.07) is 22.1. The fourth-order valence-electron chi connectivity index (χ4n) is 3.75. The predicted octanol–water partition coefficient (Wildman–Crippen LogP) is 3.07. The molecule has 0 atom stereocenters. The van der Waals surface area contributed by atoms with E-state index in [1.165, 1.54) is 0 Å². The van der Waals surface area contributed by atoms with E-state index in [9.17, 15) is 19.2 Å². The van der Waals surface area contributed by atoms with Crippen molar-refractivity contribution in [1.29, 1.82) is 0 Å². The zero-order valence-corrected chi connectivity index (χ0v) is 19.1. The summed E-state index contributed by atoms with van der Waals surface area (Å²) in [7, 11) is 0. The molecule has 3 aromatic carbocycles. The van der Waals surface area contributed by atoms with E-state index >= 15 is 0 Å². The number of nitrogens with one attached hydrogen (secondary N) is 2. The number of hydrogen-bond acceptors (Lipinski definition) is 6. The molecule has 5 rings (SSSR count). The molecule has 36 heavy (non-hydrogen) atoms. The first-order chi connectivity index (χ1) is 17.5. The number of ether oxygens (including phenoxy) is 1. The average Bonchev–Trinajstić information content (AvgIpc) is 3.72. The smallest absolute Gasteiger partial charge is 0.359 e. The molecule has 0 unspecified atom stereocenters. The lowest BCUT2D eigenvalue weighted by Gasteiger charge is -2.12. The van der Waals surface area contributed by atoms with Gasteiger partial charge in [0.25, 0.3) is 17.4 Å². The maximum atomic E-state index is 13.0. The van der Waals surface area contributed by atoms with Gasteiger partial charge in [0.1, 0.15) is 0 Å². The Bertz CT molecular complexity index is 1530. The molecular formula is C27H22N4O5. The van der Waals surface area contributed by atoms with Crippen molar-refractivity contribution in [2.24, 2.45) is 0 Å². The standard InChI is InChI=1S/C27H22N4O5/c32-23(29-22-13-7-6-12-21(22)25(33)28-17-14-15-17)16-36-27(35)24-19-10-4-5-11-20(19)26(34)31(30-24)18-8-2-1-3-9-18/h1-13,17H,14-16H2,(H,28,33)(H,29,32). The summed E-state index contributed by atoms with van der Waals surface area (Å²) in [6.07, 6.45) is 1.88. The van der Waals surface area contributed by atoms with Gasteiger partial charge >= 0.3 is 5.97 Å². The summed E-state index contributed by atoms with van der Waals surface area (Å²) in [5, 5.41) is 10.4. The van der Waals surface area contributed by atoms with Crippen LogP contribution in [0, 0.1) is 0 Å². The number of carbonyl (C=O) groups excluding carboxylic acids is 3. The highest BCUT2D eigenvalue weighted by molar-refractivity contribution is 6.05. The summed E-state index contributed by atoms with van der Waals surface area (Å²) in [5.41, 5.74) is 0.656. The van der Waals surface area contributed by atoms with Gasteiger partial charge in [0.2, 0.25) is 0 Å². The molecule has 0 aliphatic heterocycles. The zero-order chi connectivity index (χ0) is 25.1. The molecule has 180 valence electrons. The van der Waals surface area contributed by atoms with Crippen molar-refractivity contribution in [3.05, 3.63) is 100 Å². The van der Waals surface area contributed by atoms with Gasteiger partial charge in [-0.15, -0.1) is 0 Å². The Kier molecular flexibility index (Phi) is 6.27. The van der Waals surface area contributed by atoms with E-state index in [-0.39, 0.29) is 23.2 Å². The van der Waals surface area contributed by atoms with Crippen molar-refractivity contribution in [2.75, 3.05) is 11.9 Å². The van der Waals surface area contributed by atoms with Crippen molar-refractivity contribution in [3.63, 3.8) is 0 Å². The Labute approximate surface area is 205 Å². The first-order valence-corrected chi connectivity index (χ1v) is 11.5. The highest BCUT2D eigenvalue weighted by atomic mass is 16.5. The summed E-state index contributed by atoms with van der Waals surface area (Å²) in [4.78, 5) is 51.0. The van der Waals surface area contributed by atoms with Gasteiger partial charge in [-0.3, -0.25) is 14.4 Å². The molecule has 0 radical (unpaired) electrons. The van der Waals surface area contributed by atoms with Gasteiger partial charge < -0.3 is 15.4 Å². The quantitative estimate of drug-likeness (QED) is 0.391. The number of benzene rings is 3. The maximum absolute atomic E-state index is 13.0. The average molecular weight is 482 g/mol. The van der Waals surface area contributed by atoms with Crippen LogP contribution >= 0.6 is 0 Å².